The molecule has 0 radical (unpaired) electrons. The third-order valence-electron chi connectivity index (χ3n) is 2.73. The van der Waals surface area contributed by atoms with Gasteiger partial charge in [-0.05, 0) is 59.3 Å². The second kappa shape index (κ2) is 3.39. The zero-order chi connectivity index (χ0) is 9.31. The summed E-state index contributed by atoms with van der Waals surface area (Å²) in [5.74, 6) is 0. The van der Waals surface area contributed by atoms with Crippen molar-refractivity contribution in [2.75, 3.05) is 6.54 Å². The van der Waals surface area contributed by atoms with Crippen molar-refractivity contribution in [1.29, 1.82) is 0 Å². The zero-order valence-electron chi connectivity index (χ0n) is 7.46. The number of hydrogen-bond donors (Lipinski definition) is 1. The maximum atomic E-state index is 5.71. The number of pyridine rings is 1. The first-order valence-corrected chi connectivity index (χ1v) is 5.34. The van der Waals surface area contributed by atoms with Gasteiger partial charge in [0.2, 0.25) is 0 Å². The van der Waals surface area contributed by atoms with Crippen molar-refractivity contribution in [1.82, 2.24) is 4.98 Å². The fourth-order valence-electron chi connectivity index (χ4n) is 1.53. The van der Waals surface area contributed by atoms with Gasteiger partial charge < -0.3 is 5.73 Å². The van der Waals surface area contributed by atoms with E-state index >= 15 is 0 Å². The number of aromatic nitrogens is 1. The largest absolute Gasteiger partial charge is 0.330 e. The molecule has 0 bridgehead atoms. The van der Waals surface area contributed by atoms with Crippen LogP contribution in [-0.4, -0.2) is 11.5 Å². The Bertz CT molecular complexity index is 290. The Balaban J connectivity index is 2.06. The van der Waals surface area contributed by atoms with Gasteiger partial charge in [-0.25, -0.2) is 0 Å². The van der Waals surface area contributed by atoms with E-state index in [9.17, 15) is 0 Å². The minimum atomic E-state index is 0.390. The summed E-state index contributed by atoms with van der Waals surface area (Å²) in [6, 6.07) is 4.11. The average molecular weight is 241 g/mol. The van der Waals surface area contributed by atoms with Gasteiger partial charge in [-0.3, -0.25) is 4.98 Å². The second-order valence-electron chi connectivity index (χ2n) is 3.85. The van der Waals surface area contributed by atoms with Crippen molar-refractivity contribution in [3.8, 4) is 0 Å². The molecule has 0 aliphatic heterocycles. The Kier molecular flexibility index (Phi) is 2.39. The van der Waals surface area contributed by atoms with Gasteiger partial charge in [0, 0.05) is 16.4 Å². The second-order valence-corrected chi connectivity index (χ2v) is 4.76. The fourth-order valence-corrected chi connectivity index (χ4v) is 1.76. The van der Waals surface area contributed by atoms with E-state index in [4.69, 9.17) is 5.73 Å². The molecule has 1 aromatic heterocycles. The standard InChI is InChI=1S/C10H13BrN2/c11-8-1-2-9(13-6-8)5-10(7-12)3-4-10/h1-2,6H,3-5,7,12H2. The van der Waals surface area contributed by atoms with Gasteiger partial charge in [-0.15, -0.1) is 0 Å². The van der Waals surface area contributed by atoms with E-state index in [0.717, 1.165) is 23.1 Å². The molecule has 1 aromatic rings. The van der Waals surface area contributed by atoms with Gasteiger partial charge in [0.15, 0.2) is 0 Å². The van der Waals surface area contributed by atoms with Crippen molar-refractivity contribution in [2.45, 2.75) is 19.3 Å². The summed E-state index contributed by atoms with van der Waals surface area (Å²) < 4.78 is 1.04. The van der Waals surface area contributed by atoms with E-state index in [0.29, 0.717) is 5.41 Å². The van der Waals surface area contributed by atoms with E-state index in [1.165, 1.54) is 12.8 Å². The Labute approximate surface area is 86.7 Å². The smallest absolute Gasteiger partial charge is 0.0413 e. The molecule has 2 N–H and O–H groups in total. The minimum absolute atomic E-state index is 0.390. The zero-order valence-corrected chi connectivity index (χ0v) is 9.05. The molecule has 0 saturated heterocycles. The Morgan fingerprint density at radius 3 is 2.69 bits per heavy atom. The molecular formula is C10H13BrN2. The molecule has 1 aliphatic rings. The van der Waals surface area contributed by atoms with Crippen molar-refractivity contribution in [2.24, 2.45) is 11.1 Å². The first-order valence-electron chi connectivity index (χ1n) is 4.55. The fraction of sp³-hybridized carbons (Fsp3) is 0.500. The molecule has 3 heteroatoms. The molecule has 70 valence electrons. The third-order valence-corrected chi connectivity index (χ3v) is 3.20. The van der Waals surface area contributed by atoms with Crippen LogP contribution in [0.1, 0.15) is 18.5 Å². The Morgan fingerprint density at radius 1 is 1.46 bits per heavy atom. The molecule has 1 heterocycles. The number of rotatable bonds is 3. The molecule has 13 heavy (non-hydrogen) atoms. The van der Waals surface area contributed by atoms with Crippen LogP contribution in [0.2, 0.25) is 0 Å². The quantitative estimate of drug-likeness (QED) is 0.880. The van der Waals surface area contributed by atoms with Gasteiger partial charge in [-0.2, -0.15) is 0 Å². The molecule has 1 fully saturated rings. The predicted octanol–water partition coefficient (Wildman–Crippen LogP) is 2.13. The van der Waals surface area contributed by atoms with Crippen LogP contribution < -0.4 is 5.73 Å². The Morgan fingerprint density at radius 2 is 2.23 bits per heavy atom. The summed E-state index contributed by atoms with van der Waals surface area (Å²) in [6.07, 6.45) is 5.42. The van der Waals surface area contributed by atoms with Crippen molar-refractivity contribution in [3.05, 3.63) is 28.5 Å². The number of nitrogens with zero attached hydrogens (tertiary/aromatic N) is 1. The van der Waals surface area contributed by atoms with Gasteiger partial charge >= 0.3 is 0 Å². The van der Waals surface area contributed by atoms with Crippen LogP contribution in [0.15, 0.2) is 22.8 Å². The molecular weight excluding hydrogens is 228 g/mol. The van der Waals surface area contributed by atoms with Crippen molar-refractivity contribution in [3.63, 3.8) is 0 Å². The highest BCUT2D eigenvalue weighted by atomic mass is 79.9. The lowest BCUT2D eigenvalue weighted by Gasteiger charge is -2.10. The highest BCUT2D eigenvalue weighted by molar-refractivity contribution is 9.10. The van der Waals surface area contributed by atoms with E-state index in [2.05, 4.69) is 27.0 Å². The molecule has 0 spiro atoms. The van der Waals surface area contributed by atoms with Crippen LogP contribution >= 0.6 is 15.9 Å². The van der Waals surface area contributed by atoms with Gasteiger partial charge in [0.05, 0.1) is 0 Å². The normalized spacial score (nSPS) is 18.6. The topological polar surface area (TPSA) is 38.9 Å². The molecule has 2 rings (SSSR count). The molecule has 0 aromatic carbocycles. The lowest BCUT2D eigenvalue weighted by molar-refractivity contribution is 0.514. The molecule has 1 saturated carbocycles. The maximum absolute atomic E-state index is 5.71. The van der Waals surface area contributed by atoms with Crippen LogP contribution in [0.4, 0.5) is 0 Å². The monoisotopic (exact) mass is 240 g/mol. The van der Waals surface area contributed by atoms with Crippen LogP contribution in [0, 0.1) is 5.41 Å². The van der Waals surface area contributed by atoms with E-state index in [-0.39, 0.29) is 0 Å². The van der Waals surface area contributed by atoms with Crippen LogP contribution in [0.25, 0.3) is 0 Å². The average Bonchev–Trinajstić information content (AvgIpc) is 2.90. The number of nitrogens with two attached hydrogens (primary N) is 1. The number of halogens is 1. The van der Waals surface area contributed by atoms with Gasteiger partial charge in [0.25, 0.3) is 0 Å². The highest BCUT2D eigenvalue weighted by Gasteiger charge is 2.41. The van der Waals surface area contributed by atoms with E-state index in [1.807, 2.05) is 12.3 Å². The minimum Gasteiger partial charge on any atom is -0.330 e. The van der Waals surface area contributed by atoms with Crippen molar-refractivity contribution >= 4 is 15.9 Å². The summed E-state index contributed by atoms with van der Waals surface area (Å²) in [4.78, 5) is 4.35. The lowest BCUT2D eigenvalue weighted by Crippen LogP contribution is -2.18. The summed E-state index contributed by atoms with van der Waals surface area (Å²) in [5.41, 5.74) is 7.26. The molecule has 0 amide bonds. The van der Waals surface area contributed by atoms with Crippen LogP contribution in [-0.2, 0) is 6.42 Å². The summed E-state index contributed by atoms with van der Waals surface area (Å²) in [5, 5.41) is 0. The molecule has 0 atom stereocenters. The lowest BCUT2D eigenvalue weighted by atomic mass is 10.0. The van der Waals surface area contributed by atoms with E-state index < -0.39 is 0 Å². The van der Waals surface area contributed by atoms with Crippen LogP contribution in [0.3, 0.4) is 0 Å². The molecule has 1 aliphatic carbocycles. The third kappa shape index (κ3) is 2.09. The summed E-state index contributed by atoms with van der Waals surface area (Å²) in [6.45, 7) is 0.796. The molecule has 0 unspecified atom stereocenters. The van der Waals surface area contributed by atoms with Gasteiger partial charge in [0.1, 0.15) is 0 Å². The first-order chi connectivity index (χ1) is 6.24. The molecule has 2 nitrogen and oxygen atoms in total. The first kappa shape index (κ1) is 9.16. The highest BCUT2D eigenvalue weighted by Crippen LogP contribution is 2.46. The summed E-state index contributed by atoms with van der Waals surface area (Å²) in [7, 11) is 0. The summed E-state index contributed by atoms with van der Waals surface area (Å²) >= 11 is 3.37. The SMILES string of the molecule is NCC1(Cc2ccc(Br)cn2)CC1. The maximum Gasteiger partial charge on any atom is 0.0413 e. The van der Waals surface area contributed by atoms with Crippen LogP contribution in [0.5, 0.6) is 0 Å². The van der Waals surface area contributed by atoms with E-state index in [1.54, 1.807) is 0 Å². The van der Waals surface area contributed by atoms with Crippen molar-refractivity contribution < 1.29 is 0 Å². The Hall–Kier alpha value is -0.410. The van der Waals surface area contributed by atoms with Gasteiger partial charge in [-0.1, -0.05) is 0 Å². The predicted molar refractivity (Wildman–Crippen MR) is 56.4 cm³/mol. The number of hydrogen-bond acceptors (Lipinski definition) is 2.